The molecule has 0 bridgehead atoms. The van der Waals surface area contributed by atoms with Gasteiger partial charge in [0.05, 0.1) is 7.11 Å². The first kappa shape index (κ1) is 14.0. The summed E-state index contributed by atoms with van der Waals surface area (Å²) >= 11 is 0. The van der Waals surface area contributed by atoms with Gasteiger partial charge in [-0.05, 0) is 60.2 Å². The van der Waals surface area contributed by atoms with E-state index in [1.807, 2.05) is 18.2 Å². The fourth-order valence-corrected chi connectivity index (χ4v) is 3.01. The second kappa shape index (κ2) is 6.19. The molecule has 3 heteroatoms. The van der Waals surface area contributed by atoms with Gasteiger partial charge in [-0.1, -0.05) is 18.2 Å². The minimum Gasteiger partial charge on any atom is -0.497 e. The van der Waals surface area contributed by atoms with Crippen molar-refractivity contribution in [2.45, 2.75) is 31.8 Å². The number of anilines is 1. The molecule has 1 atom stereocenters. The van der Waals surface area contributed by atoms with Crippen molar-refractivity contribution in [3.8, 4) is 5.75 Å². The molecule has 0 radical (unpaired) electrons. The molecular weight excluding hydrogens is 260 g/mol. The van der Waals surface area contributed by atoms with Crippen LogP contribution >= 0.6 is 0 Å². The van der Waals surface area contributed by atoms with Crippen LogP contribution < -0.4 is 15.8 Å². The molecule has 0 heterocycles. The van der Waals surface area contributed by atoms with Gasteiger partial charge in [-0.15, -0.1) is 0 Å². The first-order chi connectivity index (χ1) is 10.3. The number of hydrogen-bond acceptors (Lipinski definition) is 3. The Hall–Kier alpha value is -2.00. The first-order valence-electron chi connectivity index (χ1n) is 7.51. The number of rotatable bonds is 4. The number of fused-ring (bicyclic) bond motifs is 1. The maximum absolute atomic E-state index is 5.94. The molecule has 1 aliphatic rings. The number of nitrogen functional groups attached to an aromatic ring is 1. The Morgan fingerprint density at radius 2 is 2.00 bits per heavy atom. The van der Waals surface area contributed by atoms with Crippen LogP contribution in [0.2, 0.25) is 0 Å². The summed E-state index contributed by atoms with van der Waals surface area (Å²) in [5.41, 5.74) is 10.9. The zero-order chi connectivity index (χ0) is 14.7. The van der Waals surface area contributed by atoms with Crippen LogP contribution in [0.25, 0.3) is 0 Å². The van der Waals surface area contributed by atoms with Crippen LogP contribution in [0.15, 0.2) is 42.5 Å². The third kappa shape index (κ3) is 3.19. The van der Waals surface area contributed by atoms with E-state index < -0.39 is 0 Å². The van der Waals surface area contributed by atoms with E-state index in [4.69, 9.17) is 10.5 Å². The highest BCUT2D eigenvalue weighted by Crippen LogP contribution is 2.31. The van der Waals surface area contributed by atoms with Crippen molar-refractivity contribution < 1.29 is 4.74 Å². The highest BCUT2D eigenvalue weighted by atomic mass is 16.5. The molecule has 0 amide bonds. The van der Waals surface area contributed by atoms with E-state index in [9.17, 15) is 0 Å². The van der Waals surface area contributed by atoms with Gasteiger partial charge in [-0.3, -0.25) is 0 Å². The monoisotopic (exact) mass is 282 g/mol. The van der Waals surface area contributed by atoms with E-state index in [-0.39, 0.29) is 0 Å². The summed E-state index contributed by atoms with van der Waals surface area (Å²) in [6.07, 6.45) is 3.57. The lowest BCUT2D eigenvalue weighted by molar-refractivity contribution is 0.414. The Morgan fingerprint density at radius 1 is 1.19 bits per heavy atom. The Bertz CT molecular complexity index is 607. The fourth-order valence-electron chi connectivity index (χ4n) is 3.01. The number of hydrogen-bond donors (Lipinski definition) is 2. The molecule has 0 aliphatic heterocycles. The van der Waals surface area contributed by atoms with E-state index in [0.29, 0.717) is 6.04 Å². The fraction of sp³-hybridized carbons (Fsp3) is 0.333. The minimum atomic E-state index is 0.402. The lowest BCUT2D eigenvalue weighted by atomic mass is 9.87. The van der Waals surface area contributed by atoms with E-state index in [1.165, 1.54) is 29.5 Å². The summed E-state index contributed by atoms with van der Waals surface area (Å²) in [5, 5.41) is 3.66. The summed E-state index contributed by atoms with van der Waals surface area (Å²) < 4.78 is 5.19. The van der Waals surface area contributed by atoms with E-state index in [2.05, 4.69) is 29.6 Å². The standard InChI is InChI=1S/C18H22N2O/c1-21-16-9-5-13(6-10-16)12-20-18-4-2-3-14-7-8-15(19)11-17(14)18/h5-11,18,20H,2-4,12,19H2,1H3. The molecule has 110 valence electrons. The molecule has 0 spiro atoms. The number of nitrogens with one attached hydrogen (secondary N) is 1. The Labute approximate surface area is 126 Å². The molecular formula is C18H22N2O. The van der Waals surface area contributed by atoms with Gasteiger partial charge < -0.3 is 15.8 Å². The zero-order valence-electron chi connectivity index (χ0n) is 12.4. The maximum atomic E-state index is 5.94. The smallest absolute Gasteiger partial charge is 0.118 e. The van der Waals surface area contributed by atoms with Crippen molar-refractivity contribution in [3.63, 3.8) is 0 Å². The maximum Gasteiger partial charge on any atom is 0.118 e. The van der Waals surface area contributed by atoms with E-state index in [0.717, 1.165) is 24.4 Å². The van der Waals surface area contributed by atoms with Crippen molar-refractivity contribution in [1.82, 2.24) is 5.32 Å². The van der Waals surface area contributed by atoms with Gasteiger partial charge in [-0.25, -0.2) is 0 Å². The van der Waals surface area contributed by atoms with Crippen molar-refractivity contribution in [2.24, 2.45) is 0 Å². The molecule has 3 nitrogen and oxygen atoms in total. The van der Waals surface area contributed by atoms with Gasteiger partial charge in [0.1, 0.15) is 5.75 Å². The number of nitrogens with two attached hydrogens (primary N) is 1. The molecule has 0 saturated carbocycles. The van der Waals surface area contributed by atoms with Crippen molar-refractivity contribution >= 4 is 5.69 Å². The summed E-state index contributed by atoms with van der Waals surface area (Å²) in [7, 11) is 1.69. The van der Waals surface area contributed by atoms with Gasteiger partial charge in [0.25, 0.3) is 0 Å². The molecule has 21 heavy (non-hydrogen) atoms. The second-order valence-corrected chi connectivity index (χ2v) is 5.63. The SMILES string of the molecule is COc1ccc(CNC2CCCc3ccc(N)cc32)cc1. The molecule has 2 aromatic carbocycles. The van der Waals surface area contributed by atoms with Gasteiger partial charge in [0.15, 0.2) is 0 Å². The predicted molar refractivity (Wildman–Crippen MR) is 86.4 cm³/mol. The lowest BCUT2D eigenvalue weighted by Crippen LogP contribution is -2.25. The number of ether oxygens (including phenoxy) is 1. The van der Waals surface area contributed by atoms with E-state index >= 15 is 0 Å². The van der Waals surface area contributed by atoms with Crippen LogP contribution in [0.1, 0.15) is 35.6 Å². The first-order valence-corrected chi connectivity index (χ1v) is 7.51. The third-order valence-electron chi connectivity index (χ3n) is 4.20. The highest BCUT2D eigenvalue weighted by molar-refractivity contribution is 5.47. The molecule has 1 aliphatic carbocycles. The Morgan fingerprint density at radius 3 is 2.76 bits per heavy atom. The molecule has 2 aromatic rings. The number of aryl methyl sites for hydroxylation is 1. The van der Waals surface area contributed by atoms with Crippen molar-refractivity contribution in [2.75, 3.05) is 12.8 Å². The summed E-state index contributed by atoms with van der Waals surface area (Å²) in [4.78, 5) is 0. The molecule has 0 aromatic heterocycles. The number of methoxy groups -OCH3 is 1. The normalized spacial score (nSPS) is 17.3. The van der Waals surface area contributed by atoms with Gasteiger partial charge >= 0.3 is 0 Å². The molecule has 1 unspecified atom stereocenters. The van der Waals surface area contributed by atoms with Crippen LogP contribution in [0.5, 0.6) is 5.75 Å². The van der Waals surface area contributed by atoms with Crippen molar-refractivity contribution in [3.05, 3.63) is 59.2 Å². The third-order valence-corrected chi connectivity index (χ3v) is 4.20. The van der Waals surface area contributed by atoms with Crippen LogP contribution in [0, 0.1) is 0 Å². The van der Waals surface area contributed by atoms with Crippen molar-refractivity contribution in [1.29, 1.82) is 0 Å². The lowest BCUT2D eigenvalue weighted by Gasteiger charge is -2.27. The zero-order valence-corrected chi connectivity index (χ0v) is 12.4. The summed E-state index contributed by atoms with van der Waals surface area (Å²) in [5.74, 6) is 0.898. The molecule has 3 N–H and O–H groups in total. The van der Waals surface area contributed by atoms with E-state index in [1.54, 1.807) is 7.11 Å². The van der Waals surface area contributed by atoms with Crippen LogP contribution in [0.3, 0.4) is 0 Å². The second-order valence-electron chi connectivity index (χ2n) is 5.63. The topological polar surface area (TPSA) is 47.3 Å². The van der Waals surface area contributed by atoms with Gasteiger partial charge in [0.2, 0.25) is 0 Å². The average Bonchev–Trinajstić information content (AvgIpc) is 2.53. The Balaban J connectivity index is 1.70. The largest absolute Gasteiger partial charge is 0.497 e. The average molecular weight is 282 g/mol. The number of benzene rings is 2. The van der Waals surface area contributed by atoms with Crippen LogP contribution in [-0.2, 0) is 13.0 Å². The predicted octanol–water partition coefficient (Wildman–Crippen LogP) is 3.44. The molecule has 3 rings (SSSR count). The quantitative estimate of drug-likeness (QED) is 0.844. The van der Waals surface area contributed by atoms with Crippen LogP contribution in [-0.4, -0.2) is 7.11 Å². The highest BCUT2D eigenvalue weighted by Gasteiger charge is 2.19. The molecule has 0 saturated heterocycles. The molecule has 0 fully saturated rings. The van der Waals surface area contributed by atoms with Crippen LogP contribution in [0.4, 0.5) is 5.69 Å². The minimum absolute atomic E-state index is 0.402. The summed E-state index contributed by atoms with van der Waals surface area (Å²) in [6.45, 7) is 0.864. The summed E-state index contributed by atoms with van der Waals surface area (Å²) in [6, 6.07) is 14.9. The van der Waals surface area contributed by atoms with Gasteiger partial charge in [-0.2, -0.15) is 0 Å². The van der Waals surface area contributed by atoms with Gasteiger partial charge in [0, 0.05) is 18.3 Å². The Kier molecular flexibility index (Phi) is 4.11.